The Bertz CT molecular complexity index is 1030. The molecule has 0 saturated carbocycles. The van der Waals surface area contributed by atoms with Crippen molar-refractivity contribution in [2.45, 2.75) is 33.1 Å². The van der Waals surface area contributed by atoms with E-state index in [2.05, 4.69) is 5.10 Å². The summed E-state index contributed by atoms with van der Waals surface area (Å²) in [6.45, 7) is 7.21. The molecule has 1 aliphatic rings. The average molecular weight is 503 g/mol. The Balaban J connectivity index is 1.60. The molecular formula is C27H35FN2O6. The molecule has 0 aliphatic carbocycles. The highest BCUT2D eigenvalue weighted by atomic mass is 19.1. The molecular weight excluding hydrogens is 467 g/mol. The molecule has 0 aromatic heterocycles. The van der Waals surface area contributed by atoms with Crippen molar-refractivity contribution in [1.82, 2.24) is 5.01 Å². The summed E-state index contributed by atoms with van der Waals surface area (Å²) in [7, 11) is 1.58. The van der Waals surface area contributed by atoms with Crippen LogP contribution in [-0.4, -0.2) is 69.9 Å². The van der Waals surface area contributed by atoms with Crippen LogP contribution in [0, 0.1) is 5.82 Å². The summed E-state index contributed by atoms with van der Waals surface area (Å²) in [5.74, 6) is 0.420. The lowest BCUT2D eigenvalue weighted by molar-refractivity contribution is 0.0365. The molecule has 36 heavy (non-hydrogen) atoms. The molecule has 3 rings (SSSR count). The molecule has 1 amide bonds. The van der Waals surface area contributed by atoms with Crippen LogP contribution in [0.5, 0.6) is 17.2 Å². The normalized spacial score (nSPS) is 13.3. The van der Waals surface area contributed by atoms with E-state index in [0.717, 1.165) is 17.7 Å². The van der Waals surface area contributed by atoms with E-state index >= 15 is 0 Å². The predicted molar refractivity (Wildman–Crippen MR) is 135 cm³/mol. The van der Waals surface area contributed by atoms with E-state index in [1.807, 2.05) is 32.0 Å². The van der Waals surface area contributed by atoms with Gasteiger partial charge in [-0.05, 0) is 56.5 Å². The van der Waals surface area contributed by atoms with Crippen molar-refractivity contribution < 1.29 is 32.9 Å². The molecule has 1 aliphatic heterocycles. The fraction of sp³-hybridized carbons (Fsp3) is 0.481. The van der Waals surface area contributed by atoms with Gasteiger partial charge < -0.3 is 23.7 Å². The zero-order valence-corrected chi connectivity index (χ0v) is 21.3. The Kier molecular flexibility index (Phi) is 11.0. The third-order valence-electron chi connectivity index (χ3n) is 5.44. The van der Waals surface area contributed by atoms with Crippen LogP contribution >= 0.6 is 0 Å². The minimum Gasteiger partial charge on any atom is -0.493 e. The minimum absolute atomic E-state index is 0.0543. The Hall–Kier alpha value is -3.17. The monoisotopic (exact) mass is 502 g/mol. The molecule has 9 heteroatoms. The van der Waals surface area contributed by atoms with E-state index in [0.29, 0.717) is 69.7 Å². The number of ether oxygens (including phenoxy) is 5. The maximum atomic E-state index is 14.8. The molecule has 2 aromatic rings. The van der Waals surface area contributed by atoms with Crippen LogP contribution in [0.25, 0.3) is 0 Å². The summed E-state index contributed by atoms with van der Waals surface area (Å²) in [6.07, 6.45) is 2.38. The standard InChI is InChI=1S/C27H35FN2O6/c1-4-13-33-14-15-34-16-17-36-21-9-10-22(23(28)19-21)27(31)30-12-6-7-24(29-30)20-8-11-25(32-3)26(18-20)35-5-2/h8-11,18-19H,4-7,12-17H2,1-3H3. The van der Waals surface area contributed by atoms with E-state index in [9.17, 15) is 9.18 Å². The second-order valence-electron chi connectivity index (χ2n) is 8.09. The van der Waals surface area contributed by atoms with E-state index in [1.165, 1.54) is 17.1 Å². The molecule has 0 atom stereocenters. The number of halogens is 1. The van der Waals surface area contributed by atoms with Crippen molar-refractivity contribution in [3.63, 3.8) is 0 Å². The van der Waals surface area contributed by atoms with Crippen molar-refractivity contribution in [1.29, 1.82) is 0 Å². The Labute approximate surface area is 211 Å². The number of rotatable bonds is 14. The van der Waals surface area contributed by atoms with Gasteiger partial charge in [-0.25, -0.2) is 9.40 Å². The van der Waals surface area contributed by atoms with Crippen LogP contribution in [0.3, 0.4) is 0 Å². The summed E-state index contributed by atoms with van der Waals surface area (Å²) in [6, 6.07) is 9.76. The molecule has 0 unspecified atom stereocenters. The first-order valence-corrected chi connectivity index (χ1v) is 12.4. The van der Waals surface area contributed by atoms with Crippen molar-refractivity contribution in [3.05, 3.63) is 53.3 Å². The van der Waals surface area contributed by atoms with E-state index in [-0.39, 0.29) is 12.2 Å². The maximum Gasteiger partial charge on any atom is 0.276 e. The van der Waals surface area contributed by atoms with Gasteiger partial charge in [0.2, 0.25) is 0 Å². The van der Waals surface area contributed by atoms with Gasteiger partial charge >= 0.3 is 0 Å². The van der Waals surface area contributed by atoms with Crippen molar-refractivity contribution in [3.8, 4) is 17.2 Å². The van der Waals surface area contributed by atoms with Crippen LogP contribution in [0.2, 0.25) is 0 Å². The highest BCUT2D eigenvalue weighted by Gasteiger charge is 2.24. The quantitative estimate of drug-likeness (QED) is 0.349. The SMILES string of the molecule is CCCOCCOCCOc1ccc(C(=O)N2CCCC(c3ccc(OC)c(OCC)c3)=N2)c(F)c1. The first kappa shape index (κ1) is 27.4. The highest BCUT2D eigenvalue weighted by Crippen LogP contribution is 2.30. The lowest BCUT2D eigenvalue weighted by atomic mass is 10.0. The molecule has 1 heterocycles. The number of nitrogens with zero attached hydrogens (tertiary/aromatic N) is 2. The van der Waals surface area contributed by atoms with Gasteiger partial charge in [0.1, 0.15) is 18.2 Å². The van der Waals surface area contributed by atoms with Gasteiger partial charge in [-0.2, -0.15) is 5.10 Å². The third kappa shape index (κ3) is 7.66. The smallest absolute Gasteiger partial charge is 0.276 e. The Morgan fingerprint density at radius 2 is 1.75 bits per heavy atom. The van der Waals surface area contributed by atoms with Gasteiger partial charge in [-0.1, -0.05) is 6.92 Å². The van der Waals surface area contributed by atoms with Crippen LogP contribution in [0.15, 0.2) is 41.5 Å². The third-order valence-corrected chi connectivity index (χ3v) is 5.44. The lowest BCUT2D eigenvalue weighted by Gasteiger charge is -2.24. The molecule has 0 saturated heterocycles. The van der Waals surface area contributed by atoms with E-state index in [1.54, 1.807) is 13.2 Å². The summed E-state index contributed by atoms with van der Waals surface area (Å²) >= 11 is 0. The van der Waals surface area contributed by atoms with Crippen molar-refractivity contribution in [2.24, 2.45) is 5.10 Å². The Morgan fingerprint density at radius 3 is 2.47 bits per heavy atom. The number of hydrogen-bond donors (Lipinski definition) is 0. The van der Waals surface area contributed by atoms with E-state index in [4.69, 9.17) is 23.7 Å². The van der Waals surface area contributed by atoms with Crippen molar-refractivity contribution >= 4 is 11.6 Å². The summed E-state index contributed by atoms with van der Waals surface area (Å²) in [4.78, 5) is 13.0. The molecule has 0 bridgehead atoms. The molecule has 0 fully saturated rings. The second kappa shape index (κ2) is 14.4. The van der Waals surface area contributed by atoms with Crippen LogP contribution in [-0.2, 0) is 9.47 Å². The number of methoxy groups -OCH3 is 1. The number of carbonyl (C=O) groups excluding carboxylic acids is 1. The zero-order chi connectivity index (χ0) is 25.8. The fourth-order valence-electron chi connectivity index (χ4n) is 3.70. The number of benzene rings is 2. The molecule has 0 N–H and O–H groups in total. The zero-order valence-electron chi connectivity index (χ0n) is 21.3. The largest absolute Gasteiger partial charge is 0.493 e. The molecule has 8 nitrogen and oxygen atoms in total. The van der Waals surface area contributed by atoms with Gasteiger partial charge in [-0.15, -0.1) is 0 Å². The number of amides is 1. The van der Waals surface area contributed by atoms with Gasteiger partial charge in [-0.3, -0.25) is 4.79 Å². The molecule has 0 radical (unpaired) electrons. The number of hydrogen-bond acceptors (Lipinski definition) is 7. The van der Waals surface area contributed by atoms with Crippen molar-refractivity contribution in [2.75, 3.05) is 53.3 Å². The van der Waals surface area contributed by atoms with Gasteiger partial charge in [0.25, 0.3) is 5.91 Å². The fourth-order valence-corrected chi connectivity index (χ4v) is 3.70. The molecule has 2 aromatic carbocycles. The first-order chi connectivity index (χ1) is 17.6. The van der Waals surface area contributed by atoms with Gasteiger partial charge in [0.15, 0.2) is 11.5 Å². The van der Waals surface area contributed by atoms with E-state index < -0.39 is 11.7 Å². The van der Waals surface area contributed by atoms with Crippen LogP contribution in [0.4, 0.5) is 4.39 Å². The minimum atomic E-state index is -0.656. The lowest BCUT2D eigenvalue weighted by Crippen LogP contribution is -2.32. The Morgan fingerprint density at radius 1 is 0.972 bits per heavy atom. The summed E-state index contributed by atoms with van der Waals surface area (Å²) in [5, 5.41) is 5.84. The number of carbonyl (C=O) groups is 1. The summed E-state index contributed by atoms with van der Waals surface area (Å²) in [5.41, 5.74) is 1.51. The second-order valence-corrected chi connectivity index (χ2v) is 8.09. The molecule has 0 spiro atoms. The number of hydrazone groups is 1. The summed E-state index contributed by atoms with van der Waals surface area (Å²) < 4.78 is 42.1. The van der Waals surface area contributed by atoms with Gasteiger partial charge in [0.05, 0.1) is 44.8 Å². The van der Waals surface area contributed by atoms with Crippen LogP contribution in [0.1, 0.15) is 49.0 Å². The topological polar surface area (TPSA) is 78.8 Å². The average Bonchev–Trinajstić information content (AvgIpc) is 2.90. The highest BCUT2D eigenvalue weighted by molar-refractivity contribution is 6.03. The maximum absolute atomic E-state index is 14.8. The van der Waals surface area contributed by atoms with Crippen LogP contribution < -0.4 is 14.2 Å². The molecule has 196 valence electrons. The predicted octanol–water partition coefficient (Wildman–Crippen LogP) is 4.70. The van der Waals surface area contributed by atoms with Gasteiger partial charge in [0, 0.05) is 24.8 Å². The first-order valence-electron chi connectivity index (χ1n) is 12.4.